The van der Waals surface area contributed by atoms with E-state index in [-0.39, 0.29) is 16.8 Å². The van der Waals surface area contributed by atoms with Crippen LogP contribution in [-0.4, -0.2) is 53.5 Å². The molecule has 0 fully saturated rings. The van der Waals surface area contributed by atoms with Gasteiger partial charge in [0.05, 0.1) is 45.1 Å². The van der Waals surface area contributed by atoms with Crippen molar-refractivity contribution in [2.45, 2.75) is 24.3 Å². The molecule has 200 valence electrons. The van der Waals surface area contributed by atoms with Gasteiger partial charge in [0.15, 0.2) is 23.0 Å². The predicted octanol–water partition coefficient (Wildman–Crippen LogP) is 4.22. The van der Waals surface area contributed by atoms with Gasteiger partial charge in [0.1, 0.15) is 0 Å². The summed E-state index contributed by atoms with van der Waals surface area (Å²) in [5.74, 6) is 1.69. The molecule has 0 radical (unpaired) electrons. The molecule has 1 aliphatic rings. The molecule has 1 atom stereocenters. The SMILES string of the molecule is COc1ccc(C2=NN(C(C)=O)C(c3ccc(NS(=O)(=O)c4ccc(OC)c(OC)c4)cc3)C2)cc1OC. The minimum atomic E-state index is -3.88. The highest BCUT2D eigenvalue weighted by Crippen LogP contribution is 2.36. The topological polar surface area (TPSA) is 116 Å². The van der Waals surface area contributed by atoms with Crippen LogP contribution in [0.4, 0.5) is 5.69 Å². The maximum Gasteiger partial charge on any atom is 0.262 e. The molecule has 38 heavy (non-hydrogen) atoms. The lowest BCUT2D eigenvalue weighted by molar-refractivity contribution is -0.130. The fourth-order valence-electron chi connectivity index (χ4n) is 4.22. The molecule has 3 aromatic rings. The summed E-state index contributed by atoms with van der Waals surface area (Å²) >= 11 is 0. The third-order valence-corrected chi connectivity index (χ3v) is 7.54. The molecule has 0 saturated carbocycles. The lowest BCUT2D eigenvalue weighted by atomic mass is 9.98. The van der Waals surface area contributed by atoms with Crippen molar-refractivity contribution in [2.75, 3.05) is 33.2 Å². The summed E-state index contributed by atoms with van der Waals surface area (Å²) in [6.45, 7) is 1.46. The highest BCUT2D eigenvalue weighted by atomic mass is 32.2. The van der Waals surface area contributed by atoms with E-state index < -0.39 is 10.0 Å². The number of amides is 1. The summed E-state index contributed by atoms with van der Waals surface area (Å²) in [4.78, 5) is 12.4. The zero-order valence-electron chi connectivity index (χ0n) is 21.7. The molecule has 0 aromatic heterocycles. The van der Waals surface area contributed by atoms with Gasteiger partial charge in [0.25, 0.3) is 10.0 Å². The number of nitrogens with one attached hydrogen (secondary N) is 1. The zero-order chi connectivity index (χ0) is 27.4. The molecule has 1 amide bonds. The van der Waals surface area contributed by atoms with Crippen LogP contribution < -0.4 is 23.7 Å². The maximum atomic E-state index is 13.0. The van der Waals surface area contributed by atoms with Crippen molar-refractivity contribution in [1.82, 2.24) is 5.01 Å². The van der Waals surface area contributed by atoms with Crippen molar-refractivity contribution < 1.29 is 32.2 Å². The van der Waals surface area contributed by atoms with Gasteiger partial charge in [-0.05, 0) is 48.0 Å². The number of carbonyl (C=O) groups excluding carboxylic acids is 1. The number of methoxy groups -OCH3 is 4. The van der Waals surface area contributed by atoms with E-state index in [1.807, 2.05) is 12.1 Å². The van der Waals surface area contributed by atoms with Gasteiger partial charge < -0.3 is 18.9 Å². The van der Waals surface area contributed by atoms with Crippen LogP contribution in [0.3, 0.4) is 0 Å². The van der Waals surface area contributed by atoms with Gasteiger partial charge in [-0.3, -0.25) is 9.52 Å². The fourth-order valence-corrected chi connectivity index (χ4v) is 5.30. The molecule has 3 aromatic carbocycles. The Morgan fingerprint density at radius 3 is 2.00 bits per heavy atom. The predicted molar refractivity (Wildman–Crippen MR) is 143 cm³/mol. The van der Waals surface area contributed by atoms with E-state index in [2.05, 4.69) is 9.82 Å². The average Bonchev–Trinajstić information content (AvgIpc) is 3.38. The Hall–Kier alpha value is -4.25. The third-order valence-electron chi connectivity index (χ3n) is 6.16. The summed E-state index contributed by atoms with van der Waals surface area (Å²) < 4.78 is 49.6. The van der Waals surface area contributed by atoms with Gasteiger partial charge in [-0.2, -0.15) is 5.10 Å². The normalized spacial score (nSPS) is 15.0. The quantitative estimate of drug-likeness (QED) is 0.433. The van der Waals surface area contributed by atoms with E-state index in [9.17, 15) is 13.2 Å². The molecule has 1 N–H and O–H groups in total. The molecule has 0 spiro atoms. The second kappa shape index (κ2) is 11.0. The maximum absolute atomic E-state index is 13.0. The van der Waals surface area contributed by atoms with Gasteiger partial charge in [-0.15, -0.1) is 0 Å². The summed E-state index contributed by atoms with van der Waals surface area (Å²) in [7, 11) is 2.16. The standard InChI is InChI=1S/C27H29N3O7S/c1-17(31)30-23(16-22(28-30)19-8-12-24(34-2)26(14-19)36-4)18-6-9-20(10-7-18)29-38(32,33)21-11-13-25(35-3)27(15-21)37-5/h6-15,23,29H,16H2,1-5H3. The number of benzene rings is 3. The Bertz CT molecular complexity index is 1470. The number of carbonyl (C=O) groups is 1. The number of hydrogen-bond acceptors (Lipinski definition) is 8. The van der Waals surface area contributed by atoms with Crippen molar-refractivity contribution in [3.05, 3.63) is 71.8 Å². The third kappa shape index (κ3) is 5.37. The van der Waals surface area contributed by atoms with E-state index >= 15 is 0 Å². The van der Waals surface area contributed by atoms with Crippen LogP contribution >= 0.6 is 0 Å². The van der Waals surface area contributed by atoms with Gasteiger partial charge in [0.2, 0.25) is 5.91 Å². The lowest BCUT2D eigenvalue weighted by Gasteiger charge is -2.21. The van der Waals surface area contributed by atoms with Crippen molar-refractivity contribution in [2.24, 2.45) is 5.10 Å². The van der Waals surface area contributed by atoms with E-state index in [4.69, 9.17) is 18.9 Å². The van der Waals surface area contributed by atoms with E-state index in [1.165, 1.54) is 44.4 Å². The number of hydrogen-bond donors (Lipinski definition) is 1. The van der Waals surface area contributed by atoms with Gasteiger partial charge in [-0.1, -0.05) is 12.1 Å². The molecule has 11 heteroatoms. The largest absolute Gasteiger partial charge is 0.493 e. The lowest BCUT2D eigenvalue weighted by Crippen LogP contribution is -2.24. The summed E-state index contributed by atoms with van der Waals surface area (Å²) in [6.07, 6.45) is 0.478. The highest BCUT2D eigenvalue weighted by molar-refractivity contribution is 7.92. The van der Waals surface area contributed by atoms with E-state index in [0.29, 0.717) is 35.1 Å². The van der Waals surface area contributed by atoms with Crippen LogP contribution in [0.15, 0.2) is 70.7 Å². The number of sulfonamides is 1. The molecular formula is C27H29N3O7S. The second-order valence-corrected chi connectivity index (χ2v) is 10.1. The fraction of sp³-hybridized carbons (Fsp3) is 0.259. The summed E-state index contributed by atoms with van der Waals surface area (Å²) in [5.41, 5.74) is 2.73. The number of nitrogens with zero attached hydrogens (tertiary/aromatic N) is 2. The Kier molecular flexibility index (Phi) is 7.77. The van der Waals surface area contributed by atoms with E-state index in [0.717, 1.165) is 16.8 Å². The second-order valence-electron chi connectivity index (χ2n) is 8.44. The molecule has 1 heterocycles. The Labute approximate surface area is 221 Å². The first kappa shape index (κ1) is 26.8. The number of rotatable bonds is 9. The van der Waals surface area contributed by atoms with Gasteiger partial charge in [-0.25, -0.2) is 13.4 Å². The summed E-state index contributed by atoms with van der Waals surface area (Å²) in [5, 5.41) is 6.01. The number of hydrazone groups is 1. The molecule has 0 bridgehead atoms. The van der Waals surface area contributed by atoms with Crippen LogP contribution in [0, 0.1) is 0 Å². The van der Waals surface area contributed by atoms with Crippen molar-refractivity contribution in [1.29, 1.82) is 0 Å². The van der Waals surface area contributed by atoms with Crippen LogP contribution in [0.5, 0.6) is 23.0 Å². The molecule has 1 unspecified atom stereocenters. The van der Waals surface area contributed by atoms with Gasteiger partial charge >= 0.3 is 0 Å². The minimum absolute atomic E-state index is 0.0331. The average molecular weight is 540 g/mol. The first-order valence-corrected chi connectivity index (χ1v) is 13.1. The Morgan fingerprint density at radius 1 is 0.842 bits per heavy atom. The minimum Gasteiger partial charge on any atom is -0.493 e. The molecule has 0 aliphatic carbocycles. The molecule has 1 aliphatic heterocycles. The monoisotopic (exact) mass is 539 g/mol. The molecule has 0 saturated heterocycles. The number of ether oxygens (including phenoxy) is 4. The van der Waals surface area contributed by atoms with Crippen LogP contribution in [0.25, 0.3) is 0 Å². The highest BCUT2D eigenvalue weighted by Gasteiger charge is 2.32. The van der Waals surface area contributed by atoms with Gasteiger partial charge in [0, 0.05) is 30.7 Å². The Morgan fingerprint density at radius 2 is 1.42 bits per heavy atom. The first-order chi connectivity index (χ1) is 18.2. The number of anilines is 1. The van der Waals surface area contributed by atoms with Crippen molar-refractivity contribution in [3.63, 3.8) is 0 Å². The molecular weight excluding hydrogens is 510 g/mol. The Balaban J connectivity index is 1.54. The first-order valence-electron chi connectivity index (χ1n) is 11.6. The summed E-state index contributed by atoms with van der Waals surface area (Å²) in [6, 6.07) is 16.4. The van der Waals surface area contributed by atoms with Crippen LogP contribution in [-0.2, 0) is 14.8 Å². The molecule has 4 rings (SSSR count). The zero-order valence-corrected chi connectivity index (χ0v) is 22.5. The van der Waals surface area contributed by atoms with Crippen LogP contribution in [0.2, 0.25) is 0 Å². The van der Waals surface area contributed by atoms with E-state index in [1.54, 1.807) is 44.6 Å². The smallest absolute Gasteiger partial charge is 0.262 e. The van der Waals surface area contributed by atoms with Crippen LogP contribution in [0.1, 0.15) is 30.5 Å². The van der Waals surface area contributed by atoms with Crippen molar-refractivity contribution >= 4 is 27.3 Å². The van der Waals surface area contributed by atoms with Crippen molar-refractivity contribution in [3.8, 4) is 23.0 Å². The molecule has 10 nitrogen and oxygen atoms in total.